The molecule has 1 saturated heterocycles. The molecule has 2 heterocycles. The van der Waals surface area contributed by atoms with Gasteiger partial charge in [0, 0.05) is 25.7 Å². The highest BCUT2D eigenvalue weighted by molar-refractivity contribution is 5.46. The van der Waals surface area contributed by atoms with E-state index in [-0.39, 0.29) is 6.04 Å². The van der Waals surface area contributed by atoms with Crippen LogP contribution in [0, 0.1) is 30.5 Å². The predicted molar refractivity (Wildman–Crippen MR) is 87.2 cm³/mol. The van der Waals surface area contributed by atoms with E-state index in [1.165, 1.54) is 11.1 Å². The number of piperidine rings is 1. The Bertz CT molecular complexity index is 732. The average Bonchev–Trinajstić information content (AvgIpc) is 2.58. The summed E-state index contributed by atoms with van der Waals surface area (Å²) in [7, 11) is 0. The van der Waals surface area contributed by atoms with Crippen LogP contribution in [0.1, 0.15) is 24.0 Å². The number of benzene rings is 1. The summed E-state index contributed by atoms with van der Waals surface area (Å²) in [4.78, 5) is 4.80. The van der Waals surface area contributed by atoms with E-state index in [1.807, 2.05) is 19.1 Å². The number of pyridine rings is 1. The zero-order chi connectivity index (χ0) is 18.0. The Morgan fingerprint density at radius 2 is 1.72 bits per heavy atom. The number of aromatic nitrogens is 1. The van der Waals surface area contributed by atoms with Crippen LogP contribution in [0.4, 0.5) is 23.2 Å². The Labute approximate surface area is 143 Å². The van der Waals surface area contributed by atoms with Gasteiger partial charge in [-0.3, -0.25) is 4.90 Å². The van der Waals surface area contributed by atoms with Crippen molar-refractivity contribution in [3.63, 3.8) is 0 Å². The van der Waals surface area contributed by atoms with Gasteiger partial charge < -0.3 is 5.32 Å². The number of halogens is 4. The first kappa shape index (κ1) is 17.7. The SMILES string of the molecule is Cc1cccc(CN2CCC(Nc3c(F)c(F)nc(F)c3F)CC2)c1. The molecule has 0 bridgehead atoms. The van der Waals surface area contributed by atoms with Gasteiger partial charge in [-0.1, -0.05) is 29.8 Å². The highest BCUT2D eigenvalue weighted by Gasteiger charge is 2.25. The molecule has 0 saturated carbocycles. The van der Waals surface area contributed by atoms with Gasteiger partial charge in [0.2, 0.25) is 11.6 Å². The standard InChI is InChI=1S/C18H19F4N3/c1-11-3-2-4-12(9-11)10-25-7-5-13(6-8-25)23-16-14(19)17(21)24-18(22)15(16)20/h2-4,9,13H,5-8,10H2,1H3,(H,23,24). The third-order valence-electron chi connectivity index (χ3n) is 4.42. The molecule has 0 atom stereocenters. The van der Waals surface area contributed by atoms with Crippen LogP contribution in [-0.4, -0.2) is 29.0 Å². The molecule has 0 spiro atoms. The molecule has 0 radical (unpaired) electrons. The van der Waals surface area contributed by atoms with Gasteiger partial charge in [-0.15, -0.1) is 0 Å². The van der Waals surface area contributed by atoms with Crippen LogP contribution in [0.15, 0.2) is 24.3 Å². The number of likely N-dealkylation sites (tertiary alicyclic amines) is 1. The van der Waals surface area contributed by atoms with Gasteiger partial charge in [-0.2, -0.15) is 22.5 Å². The van der Waals surface area contributed by atoms with Crippen molar-refractivity contribution in [2.75, 3.05) is 18.4 Å². The molecule has 0 amide bonds. The monoisotopic (exact) mass is 353 g/mol. The average molecular weight is 353 g/mol. The topological polar surface area (TPSA) is 28.2 Å². The molecule has 1 N–H and O–H groups in total. The third-order valence-corrected chi connectivity index (χ3v) is 4.42. The molecule has 1 aromatic heterocycles. The van der Waals surface area contributed by atoms with E-state index in [0.717, 1.165) is 19.6 Å². The zero-order valence-corrected chi connectivity index (χ0v) is 13.8. The maximum absolute atomic E-state index is 13.7. The summed E-state index contributed by atoms with van der Waals surface area (Å²) in [5.74, 6) is -6.25. The molecule has 134 valence electrons. The number of nitrogens with one attached hydrogen (secondary N) is 1. The quantitative estimate of drug-likeness (QED) is 0.665. The number of hydrogen-bond acceptors (Lipinski definition) is 3. The van der Waals surface area contributed by atoms with E-state index in [2.05, 4.69) is 27.3 Å². The van der Waals surface area contributed by atoms with Gasteiger partial charge >= 0.3 is 0 Å². The fourth-order valence-corrected chi connectivity index (χ4v) is 3.12. The van der Waals surface area contributed by atoms with Crippen molar-refractivity contribution in [1.29, 1.82) is 0 Å². The molecule has 1 aliphatic heterocycles. The van der Waals surface area contributed by atoms with Crippen molar-refractivity contribution in [3.8, 4) is 0 Å². The lowest BCUT2D eigenvalue weighted by Crippen LogP contribution is -2.39. The van der Waals surface area contributed by atoms with Crippen LogP contribution in [0.25, 0.3) is 0 Å². The normalized spacial score (nSPS) is 16.2. The number of aryl methyl sites for hydroxylation is 1. The smallest absolute Gasteiger partial charge is 0.253 e. The summed E-state index contributed by atoms with van der Waals surface area (Å²) in [6.45, 7) is 4.29. The van der Waals surface area contributed by atoms with Crippen molar-refractivity contribution in [3.05, 3.63) is 58.9 Å². The summed E-state index contributed by atoms with van der Waals surface area (Å²) in [5.41, 5.74) is 1.63. The molecule has 1 aliphatic rings. The van der Waals surface area contributed by atoms with Crippen LogP contribution >= 0.6 is 0 Å². The van der Waals surface area contributed by atoms with Crippen LogP contribution in [0.5, 0.6) is 0 Å². The Hall–Kier alpha value is -2.15. The molecule has 3 nitrogen and oxygen atoms in total. The summed E-state index contributed by atoms with van der Waals surface area (Å²) < 4.78 is 53.7. The first-order valence-electron chi connectivity index (χ1n) is 8.18. The van der Waals surface area contributed by atoms with Crippen molar-refractivity contribution in [2.24, 2.45) is 0 Å². The first-order valence-corrected chi connectivity index (χ1v) is 8.18. The van der Waals surface area contributed by atoms with E-state index in [4.69, 9.17) is 0 Å². The lowest BCUT2D eigenvalue weighted by Gasteiger charge is -2.33. The van der Waals surface area contributed by atoms with Crippen LogP contribution < -0.4 is 5.32 Å². The van der Waals surface area contributed by atoms with Gasteiger partial charge in [0.25, 0.3) is 11.9 Å². The minimum atomic E-state index is -1.64. The molecular formula is C18H19F4N3. The molecule has 0 unspecified atom stereocenters. The highest BCUT2D eigenvalue weighted by atomic mass is 19.2. The molecule has 2 aromatic rings. The Morgan fingerprint density at radius 1 is 1.08 bits per heavy atom. The van der Waals surface area contributed by atoms with Gasteiger partial charge in [-0.05, 0) is 25.3 Å². The Morgan fingerprint density at radius 3 is 2.32 bits per heavy atom. The van der Waals surface area contributed by atoms with Gasteiger partial charge in [0.15, 0.2) is 0 Å². The van der Waals surface area contributed by atoms with Crippen molar-refractivity contribution in [2.45, 2.75) is 32.4 Å². The maximum atomic E-state index is 13.7. The van der Waals surface area contributed by atoms with E-state index in [1.54, 1.807) is 0 Å². The number of hydrogen-bond donors (Lipinski definition) is 1. The molecule has 1 fully saturated rings. The molecule has 25 heavy (non-hydrogen) atoms. The van der Waals surface area contributed by atoms with Crippen molar-refractivity contribution < 1.29 is 17.6 Å². The summed E-state index contributed by atoms with van der Waals surface area (Å²) in [6.07, 6.45) is 1.24. The molecule has 0 aliphatic carbocycles. The molecular weight excluding hydrogens is 334 g/mol. The number of rotatable bonds is 4. The first-order chi connectivity index (χ1) is 11.9. The maximum Gasteiger partial charge on any atom is 0.253 e. The van der Waals surface area contributed by atoms with Crippen molar-refractivity contribution in [1.82, 2.24) is 9.88 Å². The minimum absolute atomic E-state index is 0.251. The van der Waals surface area contributed by atoms with Crippen LogP contribution in [0.3, 0.4) is 0 Å². The van der Waals surface area contributed by atoms with Crippen LogP contribution in [-0.2, 0) is 6.54 Å². The number of anilines is 1. The second-order valence-electron chi connectivity index (χ2n) is 6.38. The Balaban J connectivity index is 1.60. The fraction of sp³-hybridized carbons (Fsp3) is 0.389. The molecule has 1 aromatic carbocycles. The third kappa shape index (κ3) is 4.10. The van der Waals surface area contributed by atoms with Gasteiger partial charge in [0.05, 0.1) is 0 Å². The highest BCUT2D eigenvalue weighted by Crippen LogP contribution is 2.25. The van der Waals surface area contributed by atoms with E-state index in [9.17, 15) is 17.6 Å². The summed E-state index contributed by atoms with van der Waals surface area (Å²) in [6, 6.07) is 7.98. The van der Waals surface area contributed by atoms with Gasteiger partial charge in [-0.25, -0.2) is 0 Å². The lowest BCUT2D eigenvalue weighted by molar-refractivity contribution is 0.211. The fourth-order valence-electron chi connectivity index (χ4n) is 3.12. The predicted octanol–water partition coefficient (Wildman–Crippen LogP) is 4.02. The van der Waals surface area contributed by atoms with Gasteiger partial charge in [0.1, 0.15) is 5.69 Å². The largest absolute Gasteiger partial charge is 0.377 e. The van der Waals surface area contributed by atoms with E-state index in [0.29, 0.717) is 12.8 Å². The van der Waals surface area contributed by atoms with Crippen molar-refractivity contribution >= 4 is 5.69 Å². The minimum Gasteiger partial charge on any atom is -0.377 e. The summed E-state index contributed by atoms with van der Waals surface area (Å²) >= 11 is 0. The summed E-state index contributed by atoms with van der Waals surface area (Å²) in [5, 5.41) is 2.60. The van der Waals surface area contributed by atoms with Crippen LogP contribution in [0.2, 0.25) is 0 Å². The lowest BCUT2D eigenvalue weighted by atomic mass is 10.0. The van der Waals surface area contributed by atoms with E-state index >= 15 is 0 Å². The zero-order valence-electron chi connectivity index (χ0n) is 13.8. The molecule has 7 heteroatoms. The Kier molecular flexibility index (Phi) is 5.22. The second kappa shape index (κ2) is 7.39. The molecule has 3 rings (SSSR count). The number of nitrogens with zero attached hydrogens (tertiary/aromatic N) is 2. The second-order valence-corrected chi connectivity index (χ2v) is 6.38. The van der Waals surface area contributed by atoms with E-state index < -0.39 is 29.2 Å².